The van der Waals surface area contributed by atoms with E-state index < -0.39 is 29.2 Å². The van der Waals surface area contributed by atoms with E-state index in [-0.39, 0.29) is 19.3 Å². The molecule has 0 radical (unpaired) electrons. The highest BCUT2D eigenvalue weighted by Crippen LogP contribution is 2.50. The van der Waals surface area contributed by atoms with Gasteiger partial charge in [0.25, 0.3) is 0 Å². The van der Waals surface area contributed by atoms with Gasteiger partial charge in [0.2, 0.25) is 0 Å². The van der Waals surface area contributed by atoms with Gasteiger partial charge in [-0.05, 0) is 29.5 Å². The highest BCUT2D eigenvalue weighted by Gasteiger charge is 2.71. The number of ether oxygens (including phenoxy) is 1. The van der Waals surface area contributed by atoms with E-state index in [0.29, 0.717) is 18.4 Å². The van der Waals surface area contributed by atoms with Gasteiger partial charge in [-0.2, -0.15) is 0 Å². The van der Waals surface area contributed by atoms with Crippen molar-refractivity contribution < 1.29 is 25.2 Å². The molecular weight excluding hydrogens is 440 g/mol. The first-order valence-corrected chi connectivity index (χ1v) is 12.1. The van der Waals surface area contributed by atoms with Crippen LogP contribution in [-0.2, 0) is 24.0 Å². The maximum atomic E-state index is 12.6. The lowest BCUT2D eigenvalue weighted by Gasteiger charge is -2.60. The van der Waals surface area contributed by atoms with E-state index in [0.717, 1.165) is 11.1 Å². The SMILES string of the molecule is C=CCC[C@H]1O[C@H](O)[C@](O)(Cc2ccccc2)[C@](O)(Cc2ccccc2)[C@@]1(O)Cc1ccccc1. The molecule has 5 atom stereocenters. The third-order valence-corrected chi connectivity index (χ3v) is 7.24. The molecule has 1 aliphatic rings. The van der Waals surface area contributed by atoms with Crippen LogP contribution in [0.2, 0.25) is 0 Å². The first-order chi connectivity index (χ1) is 16.8. The Balaban J connectivity index is 1.88. The lowest BCUT2D eigenvalue weighted by atomic mass is 9.59. The van der Waals surface area contributed by atoms with E-state index in [9.17, 15) is 20.4 Å². The van der Waals surface area contributed by atoms with E-state index in [1.165, 1.54) is 0 Å². The molecule has 184 valence electrons. The zero-order chi connectivity index (χ0) is 24.9. The van der Waals surface area contributed by atoms with Gasteiger partial charge >= 0.3 is 0 Å². The van der Waals surface area contributed by atoms with Gasteiger partial charge in [-0.25, -0.2) is 0 Å². The normalized spacial score (nSPS) is 30.6. The first-order valence-electron chi connectivity index (χ1n) is 12.1. The molecule has 0 unspecified atom stereocenters. The van der Waals surface area contributed by atoms with Crippen LogP contribution in [0.1, 0.15) is 29.5 Å². The molecule has 5 heteroatoms. The Morgan fingerprint density at radius 1 is 0.686 bits per heavy atom. The third kappa shape index (κ3) is 4.83. The molecule has 1 fully saturated rings. The summed E-state index contributed by atoms with van der Waals surface area (Å²) in [5.74, 6) is 0. The standard InChI is InChI=1S/C30H34O5/c1-2-3-19-26-28(32,20-23-13-7-4-8-14-23)30(34,22-25-17-11-6-12-18-25)29(33,27(31)35-26)21-24-15-9-5-10-16-24/h2,4-18,26-27,31-34H,1,3,19-22H2/t26-,27+,28-,29-,30+/m1/s1. The number of aliphatic hydroxyl groups is 4. The zero-order valence-electron chi connectivity index (χ0n) is 19.8. The van der Waals surface area contributed by atoms with E-state index in [2.05, 4.69) is 6.58 Å². The van der Waals surface area contributed by atoms with E-state index in [1.807, 2.05) is 91.0 Å². The highest BCUT2D eigenvalue weighted by molar-refractivity contribution is 5.32. The Bertz CT molecular complexity index is 1090. The minimum atomic E-state index is -2.20. The van der Waals surface area contributed by atoms with E-state index in [4.69, 9.17) is 4.74 Å². The van der Waals surface area contributed by atoms with Crippen molar-refractivity contribution in [1.29, 1.82) is 0 Å². The van der Waals surface area contributed by atoms with Gasteiger partial charge in [0.15, 0.2) is 11.9 Å². The molecule has 0 amide bonds. The molecule has 1 heterocycles. The van der Waals surface area contributed by atoms with Crippen molar-refractivity contribution in [2.75, 3.05) is 0 Å². The number of aliphatic hydroxyl groups excluding tert-OH is 1. The average Bonchev–Trinajstić information content (AvgIpc) is 2.87. The Morgan fingerprint density at radius 2 is 1.11 bits per heavy atom. The van der Waals surface area contributed by atoms with Crippen molar-refractivity contribution in [1.82, 2.24) is 0 Å². The fourth-order valence-corrected chi connectivity index (χ4v) is 5.31. The van der Waals surface area contributed by atoms with Crippen LogP contribution >= 0.6 is 0 Å². The lowest BCUT2D eigenvalue weighted by Crippen LogP contribution is -2.81. The fourth-order valence-electron chi connectivity index (χ4n) is 5.31. The second-order valence-corrected chi connectivity index (χ2v) is 9.54. The van der Waals surface area contributed by atoms with Crippen LogP contribution < -0.4 is 0 Å². The average molecular weight is 475 g/mol. The second-order valence-electron chi connectivity index (χ2n) is 9.54. The minimum absolute atomic E-state index is 0.0306. The summed E-state index contributed by atoms with van der Waals surface area (Å²) in [4.78, 5) is 0. The van der Waals surface area contributed by atoms with Gasteiger partial charge in [0.1, 0.15) is 11.2 Å². The van der Waals surface area contributed by atoms with Crippen molar-refractivity contribution in [2.45, 2.75) is 61.3 Å². The number of benzene rings is 3. The molecule has 0 spiro atoms. The molecule has 35 heavy (non-hydrogen) atoms. The summed E-state index contributed by atoms with van der Waals surface area (Å²) in [7, 11) is 0. The number of rotatable bonds is 9. The van der Waals surface area contributed by atoms with E-state index >= 15 is 0 Å². The van der Waals surface area contributed by atoms with E-state index in [1.54, 1.807) is 6.08 Å². The van der Waals surface area contributed by atoms with Crippen LogP contribution in [0.25, 0.3) is 0 Å². The van der Waals surface area contributed by atoms with Crippen molar-refractivity contribution in [3.8, 4) is 0 Å². The molecule has 1 aliphatic heterocycles. The first kappa shape index (κ1) is 25.3. The van der Waals surface area contributed by atoms with Gasteiger partial charge in [-0.3, -0.25) is 0 Å². The Labute approximate surface area is 207 Å². The topological polar surface area (TPSA) is 90.2 Å². The molecule has 0 aromatic heterocycles. The molecule has 4 N–H and O–H groups in total. The molecule has 1 saturated heterocycles. The van der Waals surface area contributed by atoms with Gasteiger partial charge in [-0.1, -0.05) is 97.1 Å². The Morgan fingerprint density at radius 3 is 1.57 bits per heavy atom. The largest absolute Gasteiger partial charge is 0.384 e. The quantitative estimate of drug-likeness (QED) is 0.356. The van der Waals surface area contributed by atoms with Crippen molar-refractivity contribution >= 4 is 0 Å². The van der Waals surface area contributed by atoms with Gasteiger partial charge in [-0.15, -0.1) is 6.58 Å². The summed E-state index contributed by atoms with van der Waals surface area (Å²) < 4.78 is 5.94. The molecule has 3 aromatic rings. The molecule has 0 aliphatic carbocycles. The maximum Gasteiger partial charge on any atom is 0.187 e. The predicted octanol–water partition coefficient (Wildman–Crippen LogP) is 3.59. The van der Waals surface area contributed by atoms with Crippen LogP contribution in [0.15, 0.2) is 104 Å². The van der Waals surface area contributed by atoms with Crippen molar-refractivity contribution in [3.05, 3.63) is 120 Å². The van der Waals surface area contributed by atoms with Crippen molar-refractivity contribution in [3.63, 3.8) is 0 Å². The summed E-state index contributed by atoms with van der Waals surface area (Å²) in [5, 5.41) is 48.3. The summed E-state index contributed by atoms with van der Waals surface area (Å²) in [6, 6.07) is 27.7. The molecular formula is C30H34O5. The number of allylic oxidation sites excluding steroid dienone is 1. The zero-order valence-corrected chi connectivity index (χ0v) is 19.8. The number of hydrogen-bond donors (Lipinski definition) is 4. The molecule has 0 saturated carbocycles. The highest BCUT2D eigenvalue weighted by atomic mass is 16.6. The van der Waals surface area contributed by atoms with Crippen molar-refractivity contribution in [2.24, 2.45) is 0 Å². The summed E-state index contributed by atoms with van der Waals surface area (Å²) in [6.07, 6.45) is -0.282. The van der Waals surface area contributed by atoms with Crippen LogP contribution in [0, 0.1) is 0 Å². The van der Waals surface area contributed by atoms with Crippen LogP contribution in [0.4, 0.5) is 0 Å². The smallest absolute Gasteiger partial charge is 0.187 e. The predicted molar refractivity (Wildman–Crippen MR) is 136 cm³/mol. The summed E-state index contributed by atoms with van der Waals surface area (Å²) in [6.45, 7) is 3.77. The van der Waals surface area contributed by atoms with Gasteiger partial charge < -0.3 is 25.2 Å². The second kappa shape index (κ2) is 10.4. The Kier molecular flexibility index (Phi) is 7.55. The van der Waals surface area contributed by atoms with Crippen LogP contribution in [0.5, 0.6) is 0 Å². The fraction of sp³-hybridized carbons (Fsp3) is 0.333. The van der Waals surface area contributed by atoms with Crippen LogP contribution in [0.3, 0.4) is 0 Å². The monoisotopic (exact) mass is 474 g/mol. The molecule has 5 nitrogen and oxygen atoms in total. The maximum absolute atomic E-state index is 12.6. The Hall–Kier alpha value is -2.80. The summed E-state index contributed by atoms with van der Waals surface area (Å²) in [5.41, 5.74) is -4.06. The minimum Gasteiger partial charge on any atom is -0.384 e. The number of hydrogen-bond acceptors (Lipinski definition) is 5. The van der Waals surface area contributed by atoms with Gasteiger partial charge in [0.05, 0.1) is 6.10 Å². The molecule has 0 bridgehead atoms. The molecule has 3 aromatic carbocycles. The van der Waals surface area contributed by atoms with Crippen LogP contribution in [-0.4, -0.2) is 49.6 Å². The lowest BCUT2D eigenvalue weighted by molar-refractivity contribution is -0.393. The summed E-state index contributed by atoms with van der Waals surface area (Å²) >= 11 is 0. The van der Waals surface area contributed by atoms with Gasteiger partial charge in [0, 0.05) is 19.3 Å². The molecule has 4 rings (SSSR count). The third-order valence-electron chi connectivity index (χ3n) is 7.24.